The second-order valence-corrected chi connectivity index (χ2v) is 6.11. The van der Waals surface area contributed by atoms with Crippen molar-refractivity contribution in [2.45, 2.75) is 51.9 Å². The predicted molar refractivity (Wildman–Crippen MR) is 68.1 cm³/mol. The molecule has 0 atom stereocenters. The first kappa shape index (κ1) is 13.4. The third-order valence-electron chi connectivity index (χ3n) is 4.76. The fourth-order valence-electron chi connectivity index (χ4n) is 2.85. The van der Waals surface area contributed by atoms with Gasteiger partial charge in [0.05, 0.1) is 5.41 Å². The molecule has 0 aromatic rings. The number of hydrogen-bond donors (Lipinski definition) is 2. The molecule has 0 aliphatic heterocycles. The summed E-state index contributed by atoms with van der Waals surface area (Å²) in [4.78, 5) is 23.3. The number of amides is 1. The second-order valence-electron chi connectivity index (χ2n) is 6.11. The summed E-state index contributed by atoms with van der Waals surface area (Å²) >= 11 is 0. The molecule has 2 N–H and O–H groups in total. The van der Waals surface area contributed by atoms with E-state index < -0.39 is 11.4 Å². The van der Waals surface area contributed by atoms with E-state index in [2.05, 4.69) is 12.2 Å². The molecule has 102 valence electrons. The first-order valence-corrected chi connectivity index (χ1v) is 7.05. The highest BCUT2D eigenvalue weighted by molar-refractivity contribution is 5.81. The van der Waals surface area contributed by atoms with E-state index in [4.69, 9.17) is 0 Å². The van der Waals surface area contributed by atoms with Crippen LogP contribution >= 0.6 is 0 Å². The van der Waals surface area contributed by atoms with Crippen molar-refractivity contribution in [3.8, 4) is 0 Å². The summed E-state index contributed by atoms with van der Waals surface area (Å²) in [6.45, 7) is 2.48. The van der Waals surface area contributed by atoms with Crippen molar-refractivity contribution in [3.63, 3.8) is 0 Å². The van der Waals surface area contributed by atoms with E-state index in [0.717, 1.165) is 32.1 Å². The van der Waals surface area contributed by atoms with Crippen LogP contribution < -0.4 is 5.32 Å². The van der Waals surface area contributed by atoms with Crippen molar-refractivity contribution in [2.75, 3.05) is 6.54 Å². The van der Waals surface area contributed by atoms with Crippen LogP contribution in [0.1, 0.15) is 51.9 Å². The van der Waals surface area contributed by atoms with Crippen molar-refractivity contribution < 1.29 is 14.7 Å². The summed E-state index contributed by atoms with van der Waals surface area (Å²) in [6.07, 6.45) is 6.33. The van der Waals surface area contributed by atoms with Crippen molar-refractivity contribution >= 4 is 11.9 Å². The molecule has 2 fully saturated rings. The third-order valence-corrected chi connectivity index (χ3v) is 4.76. The lowest BCUT2D eigenvalue weighted by Gasteiger charge is -2.36. The Kier molecular flexibility index (Phi) is 3.93. The van der Waals surface area contributed by atoms with Crippen LogP contribution in [0.3, 0.4) is 0 Å². The molecule has 4 nitrogen and oxygen atoms in total. The minimum Gasteiger partial charge on any atom is -0.481 e. The van der Waals surface area contributed by atoms with Gasteiger partial charge in [0.1, 0.15) is 0 Å². The zero-order chi connectivity index (χ0) is 13.2. The number of hydrogen-bond acceptors (Lipinski definition) is 2. The predicted octanol–water partition coefficient (Wildman–Crippen LogP) is 2.18. The molecule has 2 rings (SSSR count). The fraction of sp³-hybridized carbons (Fsp3) is 0.857. The average Bonchev–Trinajstić information content (AvgIpc) is 2.26. The first-order valence-electron chi connectivity index (χ1n) is 7.05. The Balaban J connectivity index is 1.90. The first-order chi connectivity index (χ1) is 8.53. The summed E-state index contributed by atoms with van der Waals surface area (Å²) in [5.74, 6) is 0.0574. The number of carboxylic acid groups (broad SMARTS) is 1. The second kappa shape index (κ2) is 5.29. The maximum Gasteiger partial charge on any atom is 0.311 e. The van der Waals surface area contributed by atoms with Gasteiger partial charge in [0.25, 0.3) is 0 Å². The molecule has 2 aliphatic rings. The van der Waals surface area contributed by atoms with Gasteiger partial charge in [-0.05, 0) is 44.4 Å². The van der Waals surface area contributed by atoms with Crippen LogP contribution in [0.4, 0.5) is 0 Å². The molecule has 0 unspecified atom stereocenters. The molecule has 2 aliphatic carbocycles. The van der Waals surface area contributed by atoms with Crippen molar-refractivity contribution in [2.24, 2.45) is 17.3 Å². The Morgan fingerprint density at radius 2 is 1.83 bits per heavy atom. The number of carboxylic acids is 1. The molecule has 0 aromatic carbocycles. The van der Waals surface area contributed by atoms with Crippen molar-refractivity contribution in [3.05, 3.63) is 0 Å². The van der Waals surface area contributed by atoms with Gasteiger partial charge in [0.15, 0.2) is 0 Å². The Morgan fingerprint density at radius 1 is 1.22 bits per heavy atom. The Labute approximate surface area is 108 Å². The molecule has 0 spiro atoms. The molecule has 0 heterocycles. The molecule has 4 heteroatoms. The number of nitrogens with one attached hydrogen (secondary N) is 1. The fourth-order valence-corrected chi connectivity index (χ4v) is 2.85. The van der Waals surface area contributed by atoms with Gasteiger partial charge in [-0.15, -0.1) is 0 Å². The van der Waals surface area contributed by atoms with Gasteiger partial charge in [-0.25, -0.2) is 0 Å². The third kappa shape index (κ3) is 2.68. The number of carbonyl (C=O) groups excluding carboxylic acids is 1. The largest absolute Gasteiger partial charge is 0.481 e. The Hall–Kier alpha value is -1.06. The number of aliphatic carboxylic acids is 1. The molecule has 18 heavy (non-hydrogen) atoms. The molecular weight excluding hydrogens is 230 g/mol. The van der Waals surface area contributed by atoms with E-state index in [9.17, 15) is 14.7 Å². The van der Waals surface area contributed by atoms with Gasteiger partial charge in [-0.3, -0.25) is 9.59 Å². The van der Waals surface area contributed by atoms with Crippen LogP contribution in [-0.2, 0) is 9.59 Å². The highest BCUT2D eigenvalue weighted by atomic mass is 16.4. The van der Waals surface area contributed by atoms with E-state index in [1.54, 1.807) is 0 Å². The smallest absolute Gasteiger partial charge is 0.311 e. The summed E-state index contributed by atoms with van der Waals surface area (Å²) in [5, 5.41) is 12.3. The zero-order valence-corrected chi connectivity index (χ0v) is 11.1. The summed E-state index contributed by atoms with van der Waals surface area (Å²) in [7, 11) is 0. The Morgan fingerprint density at radius 3 is 2.28 bits per heavy atom. The molecule has 0 saturated heterocycles. The number of carbonyl (C=O) groups is 2. The van der Waals surface area contributed by atoms with Gasteiger partial charge in [0.2, 0.25) is 5.91 Å². The average molecular weight is 253 g/mol. The SMILES string of the molecule is CC1CCC(CNC(=O)C2CCC2)(C(=O)O)CC1. The molecule has 2 saturated carbocycles. The molecule has 0 bridgehead atoms. The molecular formula is C14H23NO3. The van der Waals surface area contributed by atoms with Gasteiger partial charge < -0.3 is 10.4 Å². The maximum absolute atomic E-state index is 11.8. The topological polar surface area (TPSA) is 66.4 Å². The van der Waals surface area contributed by atoms with Gasteiger partial charge in [0, 0.05) is 12.5 Å². The van der Waals surface area contributed by atoms with Crippen LogP contribution in [0.5, 0.6) is 0 Å². The monoisotopic (exact) mass is 253 g/mol. The van der Waals surface area contributed by atoms with E-state index >= 15 is 0 Å². The molecule has 0 radical (unpaired) electrons. The highest BCUT2D eigenvalue weighted by Crippen LogP contribution is 2.39. The summed E-state index contributed by atoms with van der Waals surface area (Å²) in [5.41, 5.74) is -0.716. The van der Waals surface area contributed by atoms with Crippen LogP contribution in [0, 0.1) is 17.3 Å². The van der Waals surface area contributed by atoms with Crippen LogP contribution in [-0.4, -0.2) is 23.5 Å². The van der Waals surface area contributed by atoms with Gasteiger partial charge >= 0.3 is 5.97 Å². The van der Waals surface area contributed by atoms with E-state index in [1.807, 2.05) is 0 Å². The van der Waals surface area contributed by atoms with Crippen LogP contribution in [0.15, 0.2) is 0 Å². The molecule has 1 amide bonds. The van der Waals surface area contributed by atoms with E-state index in [1.165, 1.54) is 0 Å². The minimum atomic E-state index is -0.747. The normalized spacial score (nSPS) is 32.6. The molecule has 0 aromatic heterocycles. The van der Waals surface area contributed by atoms with Crippen LogP contribution in [0.25, 0.3) is 0 Å². The van der Waals surface area contributed by atoms with Crippen LogP contribution in [0.2, 0.25) is 0 Å². The lowest BCUT2D eigenvalue weighted by molar-refractivity contribution is -0.151. The minimum absolute atomic E-state index is 0.0560. The Bertz CT molecular complexity index is 328. The highest BCUT2D eigenvalue weighted by Gasteiger charge is 2.41. The zero-order valence-electron chi connectivity index (χ0n) is 11.1. The quantitative estimate of drug-likeness (QED) is 0.807. The van der Waals surface area contributed by atoms with Crippen molar-refractivity contribution in [1.29, 1.82) is 0 Å². The lowest BCUT2D eigenvalue weighted by Crippen LogP contribution is -2.47. The van der Waals surface area contributed by atoms with Gasteiger partial charge in [-0.1, -0.05) is 13.3 Å². The van der Waals surface area contributed by atoms with Gasteiger partial charge in [-0.2, -0.15) is 0 Å². The van der Waals surface area contributed by atoms with E-state index in [0.29, 0.717) is 25.3 Å². The summed E-state index contributed by atoms with van der Waals surface area (Å²) < 4.78 is 0. The lowest BCUT2D eigenvalue weighted by atomic mass is 9.70. The summed E-state index contributed by atoms with van der Waals surface area (Å²) in [6, 6.07) is 0. The van der Waals surface area contributed by atoms with Crippen molar-refractivity contribution in [1.82, 2.24) is 5.32 Å². The maximum atomic E-state index is 11.8. The number of rotatable bonds is 4. The standard InChI is InChI=1S/C14H23NO3/c1-10-5-7-14(8-6-10,13(17)18)9-15-12(16)11-3-2-4-11/h10-11H,2-9H2,1H3,(H,15,16)(H,17,18). The van der Waals surface area contributed by atoms with E-state index in [-0.39, 0.29) is 11.8 Å².